The van der Waals surface area contributed by atoms with Gasteiger partial charge in [-0.05, 0) is 125 Å². The Bertz CT molecular complexity index is 7300. The molecule has 5 aliphatic heterocycles. The normalized spacial score (nSPS) is 14.4. The van der Waals surface area contributed by atoms with Gasteiger partial charge in [0.15, 0.2) is 116 Å². The molecule has 5 heterocycles. The standard InChI is InChI=1S/C22H14F7N.C21H12F7N.C20H10F7N.C20H8F6N2O.C20H8F6N2S/c23-17-16(22(27,28)29)18(24)20(26)21(19(17)25)30-14-9-5-4-8-13(14)10-11-15(30)12-6-2-1-3-7-12;22-16-15(21(26,27)28)17(23)19(25)20(18(16)24)29-13-9-5-4-8-12(13)10-14(29)11-6-2-1-3-7-11;21-15-14(20(25,26)27)16(22)18(24)19(17(15)23)28-12-7-3-1-5-10(12)9-11-6-2-4-8-13(11)28;2*21-16-10(9-27)17(22)18(23)19(15(16)20(24,25)26)28-11-5-1-3-7-13(11)29-14-8-4-2-6-12(14)28/h1-9,15H,10-11H2;1-9,14H,10H2;1-8H,9H2;2*1-8H. The maximum absolute atomic E-state index is 15.0. The summed E-state index contributed by atoms with van der Waals surface area (Å²) in [6, 6.07) is 66.7. The van der Waals surface area contributed by atoms with Crippen LogP contribution in [0.15, 0.2) is 265 Å². The molecule has 0 fully saturated rings. The zero-order valence-electron chi connectivity index (χ0n) is 72.2. The molecular formula is C103H52F33N7OS. The van der Waals surface area contributed by atoms with Gasteiger partial charge in [-0.1, -0.05) is 194 Å². The van der Waals surface area contributed by atoms with Gasteiger partial charge in [0.05, 0.1) is 34.8 Å². The largest absolute Gasteiger partial charge is 0.453 e. The SMILES string of the molecule is Fc1c(F)c(C(F)(F)F)c(F)c(F)c1N1c2ccccc2CC1c1ccccc1.Fc1c(F)c(C(F)(F)F)c(F)c(F)c1N1c2ccccc2CCC1c1ccccc1.Fc1c(F)c(C(F)(F)F)c(F)c(F)c1N1c2ccccc2Cc2ccccc21.N#Cc1c(F)c(F)c(N2c3ccccc3Oc3ccccc32)c(C(F)(F)F)c1F.N#Cc1c(F)c(F)c(N2c3ccccc3Sc3ccccc32)c(C(F)(F)F)c1F. The van der Waals surface area contributed by atoms with Gasteiger partial charge < -0.3 is 24.3 Å². The Morgan fingerprint density at radius 2 is 0.517 bits per heavy atom. The van der Waals surface area contributed by atoms with Crippen molar-refractivity contribution in [2.45, 2.75) is 78.4 Å². The quantitative estimate of drug-likeness (QED) is 0.115. The van der Waals surface area contributed by atoms with Gasteiger partial charge in [-0.2, -0.15) is 76.4 Å². The summed E-state index contributed by atoms with van der Waals surface area (Å²) >= 11 is 1.23. The molecule has 0 aromatic heterocycles. The lowest BCUT2D eigenvalue weighted by Crippen LogP contribution is -2.31. The number of hydrogen-bond donors (Lipinski definition) is 0. The van der Waals surface area contributed by atoms with Gasteiger partial charge in [0, 0.05) is 39.0 Å². The zero-order valence-corrected chi connectivity index (χ0v) is 73.0. The molecule has 8 nitrogen and oxygen atoms in total. The number of halogens is 33. The smallest absolute Gasteiger partial charge is 0.422 e. The highest BCUT2D eigenvalue weighted by molar-refractivity contribution is 7.99. The van der Waals surface area contributed by atoms with Crippen molar-refractivity contribution in [1.82, 2.24) is 0 Å². The van der Waals surface area contributed by atoms with E-state index in [1.165, 1.54) is 109 Å². The molecular weight excluding hydrogens is 2010 g/mol. The highest BCUT2D eigenvalue weighted by atomic mass is 32.2. The average molecular weight is 2060 g/mol. The first-order chi connectivity index (χ1) is 68.6. The summed E-state index contributed by atoms with van der Waals surface area (Å²) in [5.74, 6) is -39.6. The van der Waals surface area contributed by atoms with Crippen LogP contribution >= 0.6 is 11.8 Å². The number of alkyl halides is 15. The molecule has 0 N–H and O–H groups in total. The molecule has 0 aliphatic carbocycles. The first-order valence-corrected chi connectivity index (χ1v) is 42.7. The first-order valence-electron chi connectivity index (χ1n) is 41.9. The van der Waals surface area contributed by atoms with Gasteiger partial charge in [0.1, 0.15) is 79.5 Å². The molecule has 2 atom stereocenters. The van der Waals surface area contributed by atoms with Gasteiger partial charge >= 0.3 is 30.9 Å². The molecule has 42 heteroatoms. The lowest BCUT2D eigenvalue weighted by atomic mass is 9.90. The number of nitrogens with zero attached hydrogens (tertiary/aromatic N) is 7. The summed E-state index contributed by atoms with van der Waals surface area (Å²) in [7, 11) is 0. The fourth-order valence-electron chi connectivity index (χ4n) is 17.3. The number of para-hydroxylation sites is 10. The van der Waals surface area contributed by atoms with Crippen LogP contribution in [0.1, 0.15) is 90.8 Å². The van der Waals surface area contributed by atoms with Gasteiger partial charge in [-0.3, -0.25) is 4.90 Å². The van der Waals surface area contributed by atoms with Crippen LogP contribution < -0.4 is 29.2 Å². The summed E-state index contributed by atoms with van der Waals surface area (Å²) < 4.78 is 466. The van der Waals surface area contributed by atoms with Gasteiger partial charge in [-0.15, -0.1) is 0 Å². The molecule has 0 amide bonds. The number of ether oxygens (including phenoxy) is 1. The fourth-order valence-corrected chi connectivity index (χ4v) is 18.4. The molecule has 5 aliphatic rings. The van der Waals surface area contributed by atoms with Crippen LogP contribution in [0.4, 0.5) is 219 Å². The summed E-state index contributed by atoms with van der Waals surface area (Å²) in [5.41, 5.74) is -16.7. The Balaban J connectivity index is 0.000000130. The Morgan fingerprint density at radius 1 is 0.248 bits per heavy atom. The molecule has 15 aromatic rings. The zero-order chi connectivity index (χ0) is 105. The van der Waals surface area contributed by atoms with E-state index in [-0.39, 0.29) is 63.4 Å². The summed E-state index contributed by atoms with van der Waals surface area (Å²) in [5, 5.41) is 17.7. The number of rotatable bonds is 7. The second-order valence-electron chi connectivity index (χ2n) is 31.8. The van der Waals surface area contributed by atoms with E-state index >= 15 is 0 Å². The molecule has 15 aromatic carbocycles. The van der Waals surface area contributed by atoms with Gasteiger partial charge in [-0.25, -0.2) is 79.0 Å². The number of benzene rings is 15. The predicted octanol–water partition coefficient (Wildman–Crippen LogP) is 33.9. The monoisotopic (exact) mass is 2060 g/mol. The minimum Gasteiger partial charge on any atom is -0.453 e. The topological polar surface area (TPSA) is 73.0 Å². The molecule has 0 radical (unpaired) electrons. The number of nitriles is 2. The molecule has 742 valence electrons. The van der Waals surface area contributed by atoms with Crippen molar-refractivity contribution in [2.24, 2.45) is 0 Å². The maximum Gasteiger partial charge on any atom is 0.422 e. The third-order valence-corrected chi connectivity index (χ3v) is 24.5. The number of hydrogen-bond acceptors (Lipinski definition) is 9. The Morgan fingerprint density at radius 3 is 0.883 bits per heavy atom. The second-order valence-corrected chi connectivity index (χ2v) is 32.9. The van der Waals surface area contributed by atoms with Crippen LogP contribution in [0.2, 0.25) is 0 Å². The van der Waals surface area contributed by atoms with Crippen molar-refractivity contribution in [3.63, 3.8) is 0 Å². The van der Waals surface area contributed by atoms with Crippen molar-refractivity contribution in [3.05, 3.63) is 432 Å². The van der Waals surface area contributed by atoms with Crippen LogP contribution in [0.3, 0.4) is 0 Å². The third kappa shape index (κ3) is 18.6. The fraction of sp³-hybridized carbons (Fsp3) is 0.107. The Kier molecular flexibility index (Phi) is 27.8. The highest BCUT2D eigenvalue weighted by Gasteiger charge is 2.52. The van der Waals surface area contributed by atoms with Gasteiger partial charge in [0.25, 0.3) is 0 Å². The lowest BCUT2D eigenvalue weighted by Gasteiger charge is -2.39. The molecule has 0 saturated heterocycles. The van der Waals surface area contributed by atoms with Crippen LogP contribution in [0, 0.1) is 127 Å². The molecule has 0 bridgehead atoms. The van der Waals surface area contributed by atoms with Crippen LogP contribution in [-0.2, 0) is 50.1 Å². The van der Waals surface area contributed by atoms with Crippen molar-refractivity contribution in [3.8, 4) is 23.6 Å². The minimum absolute atomic E-state index is 0.0564. The van der Waals surface area contributed by atoms with Crippen molar-refractivity contribution in [1.29, 1.82) is 10.5 Å². The lowest BCUT2D eigenvalue weighted by molar-refractivity contribution is -0.144. The minimum atomic E-state index is -5.59. The molecule has 0 spiro atoms. The van der Waals surface area contributed by atoms with E-state index in [1.807, 2.05) is 0 Å². The summed E-state index contributed by atoms with van der Waals surface area (Å²) in [6.07, 6.45) is -26.1. The van der Waals surface area contributed by atoms with Crippen LogP contribution in [0.25, 0.3) is 0 Å². The average Bonchev–Trinajstić information content (AvgIpc) is 1.63. The third-order valence-electron chi connectivity index (χ3n) is 23.4. The van der Waals surface area contributed by atoms with Crippen molar-refractivity contribution in [2.75, 3.05) is 24.5 Å². The summed E-state index contributed by atoms with van der Waals surface area (Å²) in [6.45, 7) is 0. The van der Waals surface area contributed by atoms with Gasteiger partial charge in [0.2, 0.25) is 0 Å². The second kappa shape index (κ2) is 39.4. The highest BCUT2D eigenvalue weighted by Crippen LogP contribution is 2.60. The van der Waals surface area contributed by atoms with Crippen molar-refractivity contribution < 1.29 is 150 Å². The predicted molar refractivity (Wildman–Crippen MR) is 464 cm³/mol. The summed E-state index contributed by atoms with van der Waals surface area (Å²) in [4.78, 5) is 5.50. The maximum atomic E-state index is 15.0. The van der Waals surface area contributed by atoms with E-state index in [9.17, 15) is 145 Å². The molecule has 0 saturated carbocycles. The molecule has 2 unspecified atom stereocenters. The first kappa shape index (κ1) is 102. The number of fused-ring (bicyclic) bond motifs is 8. The molecule has 145 heavy (non-hydrogen) atoms. The van der Waals surface area contributed by atoms with Crippen LogP contribution in [0.5, 0.6) is 11.5 Å². The number of aryl methyl sites for hydroxylation is 1. The van der Waals surface area contributed by atoms with E-state index in [4.69, 9.17) is 15.3 Å². The molecule has 20 rings (SSSR count). The van der Waals surface area contributed by atoms with E-state index in [0.717, 1.165) is 36.6 Å². The van der Waals surface area contributed by atoms with Crippen LogP contribution in [-0.4, -0.2) is 0 Å². The van der Waals surface area contributed by atoms with E-state index in [0.29, 0.717) is 62.4 Å². The van der Waals surface area contributed by atoms with E-state index in [1.54, 1.807) is 158 Å². The van der Waals surface area contributed by atoms with Crippen molar-refractivity contribution >= 4 is 85.7 Å². The Hall–Kier alpha value is -15.9. The van der Waals surface area contributed by atoms with E-state index in [2.05, 4.69) is 0 Å². The number of anilines is 13. The van der Waals surface area contributed by atoms with E-state index < -0.39 is 215 Å². The Labute approximate surface area is 800 Å².